The molecule has 2 nitrogen and oxygen atoms in total. The fourth-order valence-electron chi connectivity index (χ4n) is 0.343. The highest BCUT2D eigenvalue weighted by atomic mass is 32.2. The molecule has 2 N–H and O–H groups in total. The van der Waals surface area contributed by atoms with Gasteiger partial charge in [-0.2, -0.15) is 11.8 Å². The van der Waals surface area contributed by atoms with Crippen molar-refractivity contribution < 1.29 is 4.79 Å². The third-order valence-electron chi connectivity index (χ3n) is 0.797. The lowest BCUT2D eigenvalue weighted by atomic mass is 10.4. The van der Waals surface area contributed by atoms with E-state index < -0.39 is 0 Å². The molecule has 0 spiro atoms. The van der Waals surface area contributed by atoms with Crippen molar-refractivity contribution in [2.75, 3.05) is 5.75 Å². The maximum Gasteiger partial charge on any atom is 0.137 e. The van der Waals surface area contributed by atoms with E-state index in [4.69, 9.17) is 5.73 Å². The van der Waals surface area contributed by atoms with Crippen LogP contribution >= 0.6 is 11.8 Å². The molecule has 0 aliphatic heterocycles. The molecule has 0 fully saturated rings. The summed E-state index contributed by atoms with van der Waals surface area (Å²) in [4.78, 5) is 9.98. The smallest absolute Gasteiger partial charge is 0.137 e. The standard InChI is InChI=1S/C6H13NOS/c1-5(2)9-4-6(7)3-8/h3,5-6H,4,7H2,1-2H3/t6-/m0/s1. The van der Waals surface area contributed by atoms with Crippen molar-refractivity contribution in [3.63, 3.8) is 0 Å². The number of thioether (sulfide) groups is 1. The van der Waals surface area contributed by atoms with Crippen molar-refractivity contribution in [3.05, 3.63) is 0 Å². The second kappa shape index (κ2) is 4.82. The molecule has 0 aliphatic rings. The molecule has 0 unspecified atom stereocenters. The first-order chi connectivity index (χ1) is 4.16. The minimum Gasteiger partial charge on any atom is -0.321 e. The van der Waals surface area contributed by atoms with Crippen molar-refractivity contribution in [1.29, 1.82) is 0 Å². The van der Waals surface area contributed by atoms with E-state index >= 15 is 0 Å². The Morgan fingerprint density at radius 3 is 2.56 bits per heavy atom. The number of carbonyl (C=O) groups is 1. The number of nitrogens with two attached hydrogens (primary N) is 1. The quantitative estimate of drug-likeness (QED) is 0.594. The van der Waals surface area contributed by atoms with Crippen molar-refractivity contribution in [3.8, 4) is 0 Å². The first-order valence-electron chi connectivity index (χ1n) is 2.99. The van der Waals surface area contributed by atoms with Gasteiger partial charge >= 0.3 is 0 Å². The second-order valence-electron chi connectivity index (χ2n) is 2.18. The molecule has 0 aromatic rings. The van der Waals surface area contributed by atoms with E-state index in [0.717, 1.165) is 12.0 Å². The van der Waals surface area contributed by atoms with Crippen LogP contribution in [0.2, 0.25) is 0 Å². The maximum absolute atomic E-state index is 9.98. The van der Waals surface area contributed by atoms with Gasteiger partial charge in [-0.05, 0) is 5.25 Å². The number of aldehydes is 1. The molecule has 54 valence electrons. The van der Waals surface area contributed by atoms with E-state index in [1.165, 1.54) is 0 Å². The summed E-state index contributed by atoms with van der Waals surface area (Å²) in [5, 5.41) is 0.566. The highest BCUT2D eigenvalue weighted by Gasteiger charge is 2.00. The number of hydrogen-bond donors (Lipinski definition) is 1. The van der Waals surface area contributed by atoms with E-state index in [2.05, 4.69) is 13.8 Å². The Balaban J connectivity index is 3.16. The number of rotatable bonds is 4. The van der Waals surface area contributed by atoms with Gasteiger partial charge in [0.2, 0.25) is 0 Å². The van der Waals surface area contributed by atoms with Crippen molar-refractivity contribution >= 4 is 18.0 Å². The summed E-state index contributed by atoms with van der Waals surface area (Å²) in [7, 11) is 0. The zero-order valence-corrected chi connectivity index (χ0v) is 6.65. The van der Waals surface area contributed by atoms with Gasteiger partial charge in [0.25, 0.3) is 0 Å². The summed E-state index contributed by atoms with van der Waals surface area (Å²) < 4.78 is 0. The molecule has 0 aromatic heterocycles. The maximum atomic E-state index is 9.98. The highest BCUT2D eigenvalue weighted by molar-refractivity contribution is 7.99. The highest BCUT2D eigenvalue weighted by Crippen LogP contribution is 2.08. The largest absolute Gasteiger partial charge is 0.321 e. The lowest BCUT2D eigenvalue weighted by Gasteiger charge is -2.05. The predicted octanol–water partition coefficient (Wildman–Crippen LogP) is 0.654. The summed E-state index contributed by atoms with van der Waals surface area (Å²) in [6, 6.07) is -0.280. The minimum absolute atomic E-state index is 0.280. The topological polar surface area (TPSA) is 43.1 Å². The number of carbonyl (C=O) groups excluding carboxylic acids is 1. The van der Waals surface area contributed by atoms with Crippen LogP contribution in [0.5, 0.6) is 0 Å². The first kappa shape index (κ1) is 8.98. The van der Waals surface area contributed by atoms with Crippen molar-refractivity contribution in [1.82, 2.24) is 0 Å². The van der Waals surface area contributed by atoms with Crippen LogP contribution in [0.4, 0.5) is 0 Å². The lowest BCUT2D eigenvalue weighted by Crippen LogP contribution is -2.24. The summed E-state index contributed by atoms with van der Waals surface area (Å²) in [6.07, 6.45) is 0.787. The molecule has 9 heavy (non-hydrogen) atoms. The normalized spacial score (nSPS) is 13.8. The second-order valence-corrected chi connectivity index (χ2v) is 3.79. The van der Waals surface area contributed by atoms with Gasteiger partial charge in [-0.25, -0.2) is 0 Å². The van der Waals surface area contributed by atoms with Gasteiger partial charge < -0.3 is 10.5 Å². The molecular formula is C6H13NOS. The van der Waals surface area contributed by atoms with E-state index in [1.54, 1.807) is 11.8 Å². The molecule has 0 bridgehead atoms. The van der Waals surface area contributed by atoms with Crippen molar-refractivity contribution in [2.45, 2.75) is 25.1 Å². The van der Waals surface area contributed by atoms with Gasteiger partial charge in [-0.3, -0.25) is 0 Å². The van der Waals surface area contributed by atoms with E-state index in [-0.39, 0.29) is 6.04 Å². The van der Waals surface area contributed by atoms with E-state index in [0.29, 0.717) is 5.25 Å². The molecule has 0 aliphatic carbocycles. The van der Waals surface area contributed by atoms with Gasteiger partial charge in [-0.15, -0.1) is 0 Å². The Morgan fingerprint density at radius 2 is 2.22 bits per heavy atom. The van der Waals surface area contributed by atoms with Crippen LogP contribution in [-0.4, -0.2) is 23.3 Å². The molecule has 1 atom stereocenters. The van der Waals surface area contributed by atoms with Crippen LogP contribution in [-0.2, 0) is 4.79 Å². The molecule has 0 heterocycles. The van der Waals surface area contributed by atoms with Gasteiger partial charge in [0.15, 0.2) is 0 Å². The average molecular weight is 147 g/mol. The van der Waals surface area contributed by atoms with Gasteiger partial charge in [-0.1, -0.05) is 13.8 Å². The third kappa shape index (κ3) is 5.86. The molecular weight excluding hydrogens is 134 g/mol. The van der Waals surface area contributed by atoms with E-state index in [1.807, 2.05) is 0 Å². The van der Waals surface area contributed by atoms with Crippen LogP contribution in [0.25, 0.3) is 0 Å². The van der Waals surface area contributed by atoms with Gasteiger partial charge in [0.1, 0.15) is 6.29 Å². The first-order valence-corrected chi connectivity index (χ1v) is 4.04. The monoisotopic (exact) mass is 147 g/mol. The third-order valence-corrected chi connectivity index (χ3v) is 2.04. The molecule has 0 aromatic carbocycles. The fourth-order valence-corrected chi connectivity index (χ4v) is 1.03. The zero-order chi connectivity index (χ0) is 7.28. The summed E-state index contributed by atoms with van der Waals surface area (Å²) in [5.74, 6) is 0.737. The van der Waals surface area contributed by atoms with Crippen molar-refractivity contribution in [2.24, 2.45) is 5.73 Å². The Morgan fingerprint density at radius 1 is 1.67 bits per heavy atom. The Labute approximate surface area is 60.2 Å². The van der Waals surface area contributed by atoms with Crippen LogP contribution < -0.4 is 5.73 Å². The van der Waals surface area contributed by atoms with Crippen LogP contribution in [0.1, 0.15) is 13.8 Å². The Bertz CT molecular complexity index is 85.1. The molecule has 0 amide bonds. The molecule has 3 heteroatoms. The molecule has 0 saturated heterocycles. The number of hydrogen-bond acceptors (Lipinski definition) is 3. The molecule has 0 saturated carbocycles. The lowest BCUT2D eigenvalue weighted by molar-refractivity contribution is -0.108. The molecule has 0 radical (unpaired) electrons. The summed E-state index contributed by atoms with van der Waals surface area (Å²) in [5.41, 5.74) is 5.33. The van der Waals surface area contributed by atoms with Gasteiger partial charge in [0.05, 0.1) is 6.04 Å². The summed E-state index contributed by atoms with van der Waals surface area (Å²) in [6.45, 7) is 4.17. The molecule has 0 rings (SSSR count). The predicted molar refractivity (Wildman–Crippen MR) is 41.6 cm³/mol. The van der Waals surface area contributed by atoms with Crippen LogP contribution in [0, 0.1) is 0 Å². The zero-order valence-electron chi connectivity index (χ0n) is 5.83. The fraction of sp³-hybridized carbons (Fsp3) is 0.833. The SMILES string of the molecule is CC(C)SC[C@@H](N)C=O. The Hall–Kier alpha value is -0.0200. The summed E-state index contributed by atoms with van der Waals surface area (Å²) >= 11 is 1.71. The Kier molecular flexibility index (Phi) is 4.81. The van der Waals surface area contributed by atoms with E-state index in [9.17, 15) is 4.79 Å². The minimum atomic E-state index is -0.280. The van der Waals surface area contributed by atoms with Crippen LogP contribution in [0.15, 0.2) is 0 Å². The van der Waals surface area contributed by atoms with Gasteiger partial charge in [0, 0.05) is 5.75 Å². The van der Waals surface area contributed by atoms with Crippen LogP contribution in [0.3, 0.4) is 0 Å². The average Bonchev–Trinajstić information content (AvgIpc) is 1.83.